The summed E-state index contributed by atoms with van der Waals surface area (Å²) in [7, 11) is -14.0. The molecule has 4 rings (SSSR count). The van der Waals surface area contributed by atoms with Crippen LogP contribution in [0.15, 0.2) is 93.9 Å². The summed E-state index contributed by atoms with van der Waals surface area (Å²) in [6, 6.07) is 8.51. The van der Waals surface area contributed by atoms with Gasteiger partial charge in [-0.1, -0.05) is 43.7 Å². The second kappa shape index (κ2) is 19.9. The van der Waals surface area contributed by atoms with E-state index < -0.39 is 57.8 Å². The number of nitrogens with zero attached hydrogens (tertiary/aromatic N) is 2. The molecule has 2 aromatic carbocycles. The smallest absolute Gasteiger partial charge is 0.744 e. The maximum Gasteiger partial charge on any atom is 1.00 e. The van der Waals surface area contributed by atoms with Gasteiger partial charge in [0, 0.05) is 39.4 Å². The first-order valence-electron chi connectivity index (χ1n) is 14.0. The first kappa shape index (κ1) is 50.8. The molecule has 0 bridgehead atoms. The molecule has 14 nitrogen and oxygen atoms in total. The number of anilines is 1. The molecule has 0 aliphatic carbocycles. The Morgan fingerprint density at radius 2 is 1.59 bits per heavy atom. The van der Waals surface area contributed by atoms with E-state index in [0.717, 1.165) is 6.07 Å². The predicted molar refractivity (Wildman–Crippen MR) is 173 cm³/mol. The number of hydrogen-bond donors (Lipinski definition) is 1. The second-order valence-corrected chi connectivity index (χ2v) is 17.1. The van der Waals surface area contributed by atoms with Gasteiger partial charge in [-0.05, 0) is 62.7 Å². The summed E-state index contributed by atoms with van der Waals surface area (Å²) < 4.78 is 110. The van der Waals surface area contributed by atoms with Gasteiger partial charge >= 0.3 is 154 Å². The monoisotopic (exact) mass is 857 g/mol. The molecule has 0 atom stereocenters. The van der Waals surface area contributed by atoms with Crippen molar-refractivity contribution < 1.29 is 212 Å². The quantitative estimate of drug-likeness (QED) is 0.0401. The van der Waals surface area contributed by atoms with Crippen LogP contribution >= 0.6 is 12.0 Å². The van der Waals surface area contributed by atoms with Crippen molar-refractivity contribution in [3.63, 3.8) is 0 Å². The normalized spacial score (nSPS) is 17.7. The minimum atomic E-state index is -4.79. The van der Waals surface area contributed by atoms with Crippen LogP contribution < -0.4 is 164 Å². The fourth-order valence-corrected chi connectivity index (χ4v) is 7.90. The van der Waals surface area contributed by atoms with E-state index in [-0.39, 0.29) is 160 Å². The van der Waals surface area contributed by atoms with Gasteiger partial charge in [0.25, 0.3) is 10.1 Å². The minimum Gasteiger partial charge on any atom is -0.744 e. The van der Waals surface area contributed by atoms with E-state index in [1.807, 2.05) is 13.8 Å². The molecule has 21 heteroatoms. The van der Waals surface area contributed by atoms with E-state index in [4.69, 9.17) is 0 Å². The molecule has 2 aliphatic rings. The Balaban J connectivity index is 0.00000433. The fraction of sp³-hybridized carbons (Fsp3) is 0.300. The average Bonchev–Trinajstić information content (AvgIpc) is 3.28. The van der Waals surface area contributed by atoms with Crippen molar-refractivity contribution in [2.24, 2.45) is 0 Å². The maximum absolute atomic E-state index is 11.9. The molecule has 51 heavy (non-hydrogen) atoms. The van der Waals surface area contributed by atoms with Gasteiger partial charge in [0.2, 0.25) is 11.6 Å². The van der Waals surface area contributed by atoms with E-state index >= 15 is 0 Å². The van der Waals surface area contributed by atoms with Gasteiger partial charge in [0.1, 0.15) is 10.1 Å². The first-order valence-corrected chi connectivity index (χ1v) is 19.3. The Bertz CT molecular complexity index is 2130. The molecule has 2 aromatic rings. The zero-order valence-corrected chi connectivity index (χ0v) is 41.9. The third-order valence-electron chi connectivity index (χ3n) is 7.98. The van der Waals surface area contributed by atoms with Gasteiger partial charge < -0.3 is 19.3 Å². The molecular formula is C30H32K3N2O12S4+. The number of fused-ring (bicyclic) bond motifs is 2. The van der Waals surface area contributed by atoms with Gasteiger partial charge in [0.15, 0.2) is 21.7 Å². The Morgan fingerprint density at radius 3 is 2.16 bits per heavy atom. The average molecular weight is 858 g/mol. The van der Waals surface area contributed by atoms with Crippen LogP contribution in [0.3, 0.4) is 0 Å². The zero-order valence-electron chi connectivity index (χ0n) is 29.3. The van der Waals surface area contributed by atoms with E-state index in [0.29, 0.717) is 50.7 Å². The predicted octanol–water partition coefficient (Wildman–Crippen LogP) is -5.70. The largest absolute Gasteiger partial charge is 1.00 e. The molecule has 0 spiro atoms. The molecule has 2 aliphatic heterocycles. The number of hydrogen-bond acceptors (Lipinski definition) is 13. The molecule has 0 radical (unpaired) electrons. The SMILES string of the molecule is CC(/C=C/C=C1/N(CS(=O)(=O)O)c2ccc(SOO[O-])cc2C1(C)C)=C\C=C\C1=[N+](CS(=O)(=O)[O-])c2ccc(S(=O)(=O)[O-])cc2C1(C)C.[K+].[K+].[K+]. The summed E-state index contributed by atoms with van der Waals surface area (Å²) in [4.78, 5) is 1.51. The third kappa shape index (κ3) is 12.9. The van der Waals surface area contributed by atoms with Gasteiger partial charge in [0.05, 0.1) is 22.4 Å². The van der Waals surface area contributed by atoms with Gasteiger partial charge in [-0.2, -0.15) is 17.3 Å². The Morgan fingerprint density at radius 1 is 0.941 bits per heavy atom. The van der Waals surface area contributed by atoms with E-state index in [9.17, 15) is 44.2 Å². The molecule has 0 amide bonds. The van der Waals surface area contributed by atoms with Crippen LogP contribution in [0.2, 0.25) is 0 Å². The minimum absolute atomic E-state index is 0. The van der Waals surface area contributed by atoms with Crippen LogP contribution in [0, 0.1) is 0 Å². The van der Waals surface area contributed by atoms with Crippen LogP contribution in [0.5, 0.6) is 0 Å². The summed E-state index contributed by atoms with van der Waals surface area (Å²) in [6.07, 6.45) is 10.0. The maximum atomic E-state index is 11.9. The molecular weight excluding hydrogens is 826 g/mol. The Hall–Kier alpha value is 1.74. The zero-order chi connectivity index (χ0) is 35.9. The summed E-state index contributed by atoms with van der Waals surface area (Å²) in [6.45, 7) is 8.91. The van der Waals surface area contributed by atoms with E-state index in [1.54, 1.807) is 75.4 Å². The molecule has 260 valence electrons. The van der Waals surface area contributed by atoms with Crippen molar-refractivity contribution in [1.29, 1.82) is 0 Å². The van der Waals surface area contributed by atoms with E-state index in [1.165, 1.54) is 21.6 Å². The summed E-state index contributed by atoms with van der Waals surface area (Å²) in [5.41, 5.74) is 1.80. The van der Waals surface area contributed by atoms with Crippen LogP contribution in [-0.4, -0.2) is 61.0 Å². The number of benzene rings is 2. The van der Waals surface area contributed by atoms with Gasteiger partial charge in [-0.15, -0.1) is 0 Å². The number of rotatable bonds is 12. The van der Waals surface area contributed by atoms with E-state index in [2.05, 4.69) is 9.37 Å². The molecule has 2 heterocycles. The van der Waals surface area contributed by atoms with Crippen LogP contribution in [-0.2, 0) is 50.6 Å². The van der Waals surface area contributed by atoms with Crippen molar-refractivity contribution in [1.82, 2.24) is 0 Å². The summed E-state index contributed by atoms with van der Waals surface area (Å²) in [5, 5.41) is 13.7. The fourth-order valence-electron chi connectivity index (χ4n) is 5.81. The Kier molecular flexibility index (Phi) is 19.8. The van der Waals surface area contributed by atoms with Gasteiger partial charge in [-0.3, -0.25) is 9.59 Å². The molecule has 1 N–H and O–H groups in total. The van der Waals surface area contributed by atoms with Crippen molar-refractivity contribution in [2.45, 2.75) is 55.2 Å². The van der Waals surface area contributed by atoms with Crippen molar-refractivity contribution >= 4 is 59.5 Å². The molecule has 0 fully saturated rings. The van der Waals surface area contributed by atoms with Crippen molar-refractivity contribution in [2.75, 3.05) is 16.7 Å². The number of allylic oxidation sites excluding steroid dienone is 8. The van der Waals surface area contributed by atoms with Crippen LogP contribution in [0.1, 0.15) is 45.7 Å². The Labute approximate surface area is 430 Å². The molecule has 0 unspecified atom stereocenters. The topological polar surface area (TPSA) is 217 Å². The molecule has 0 saturated carbocycles. The summed E-state index contributed by atoms with van der Waals surface area (Å²) >= 11 is 0.687. The van der Waals surface area contributed by atoms with Gasteiger partial charge in [-0.25, -0.2) is 16.8 Å². The van der Waals surface area contributed by atoms with Crippen LogP contribution in [0.25, 0.3) is 0 Å². The first-order chi connectivity index (χ1) is 22.1. The van der Waals surface area contributed by atoms with Crippen molar-refractivity contribution in [3.8, 4) is 0 Å². The standard InChI is InChI=1S/C30H34N2O12S4.3K/c1-20(8-6-10-27-29(2,3)23-16-21(45-44-43-33)12-14-25(23)31(27)18-46(34,35)36)9-7-11-28-30(4,5)24-17-22(48(40,41)42)13-15-26(24)32(28)19-47(37,38)39;;;/h6-17H,18-19H2,1-5H3,(H3-,33,34,35,36,37,38,39,40,41,42);;;/q;3*+1/p-2. The third-order valence-corrected chi connectivity index (χ3v) is 10.5. The molecule has 0 saturated heterocycles. The summed E-state index contributed by atoms with van der Waals surface area (Å²) in [5.74, 6) is -1.62. The van der Waals surface area contributed by atoms with Crippen molar-refractivity contribution in [3.05, 3.63) is 95.3 Å². The van der Waals surface area contributed by atoms with Crippen LogP contribution in [0.4, 0.5) is 11.4 Å². The molecule has 0 aromatic heterocycles. The second-order valence-electron chi connectivity index (χ2n) is 12.1.